The molecule has 0 fully saturated rings. The smallest absolute Gasteiger partial charge is 0.329 e. The number of ketones is 1. The maximum atomic E-state index is 14.9. The number of aromatic nitrogens is 1. The van der Waals surface area contributed by atoms with Crippen LogP contribution < -0.4 is 20.8 Å². The molecule has 0 aliphatic carbocycles. The van der Waals surface area contributed by atoms with Crippen LogP contribution in [0.1, 0.15) is 68.6 Å². The molecule has 306 valence electrons. The Labute approximate surface area is 336 Å². The van der Waals surface area contributed by atoms with Crippen molar-refractivity contribution in [1.82, 2.24) is 30.5 Å². The zero-order valence-corrected chi connectivity index (χ0v) is 34.3. The molecular formula is C44H58N6O7. The van der Waals surface area contributed by atoms with Gasteiger partial charge in [0.2, 0.25) is 11.8 Å². The fraction of sp³-hybridized carbons (Fsp3) is 0.409. The summed E-state index contributed by atoms with van der Waals surface area (Å²) in [6, 6.07) is 21.0. The van der Waals surface area contributed by atoms with Crippen LogP contribution in [0.15, 0.2) is 91.6 Å². The van der Waals surface area contributed by atoms with Crippen molar-refractivity contribution in [3.05, 3.63) is 114 Å². The van der Waals surface area contributed by atoms with E-state index < -0.39 is 29.9 Å². The van der Waals surface area contributed by atoms with Gasteiger partial charge in [0.25, 0.3) is 0 Å². The molecule has 4 aromatic rings. The molecule has 1 atom stereocenters. The van der Waals surface area contributed by atoms with Gasteiger partial charge in [-0.3, -0.25) is 19.8 Å². The molecule has 0 radical (unpaired) electrons. The number of rotatable bonds is 21. The number of ether oxygens (including phenoxy) is 3. The van der Waals surface area contributed by atoms with Gasteiger partial charge in [-0.1, -0.05) is 66.7 Å². The minimum atomic E-state index is -1.03. The van der Waals surface area contributed by atoms with Crippen LogP contribution in [0.25, 0.3) is 10.9 Å². The predicted molar refractivity (Wildman–Crippen MR) is 221 cm³/mol. The quantitative estimate of drug-likeness (QED) is 0.0410. The second-order valence-electron chi connectivity index (χ2n) is 14.7. The van der Waals surface area contributed by atoms with Crippen molar-refractivity contribution in [2.24, 2.45) is 7.05 Å². The summed E-state index contributed by atoms with van der Waals surface area (Å²) in [7, 11) is 1.87. The Bertz CT molecular complexity index is 1950. The van der Waals surface area contributed by atoms with Crippen molar-refractivity contribution in [2.45, 2.75) is 79.0 Å². The molecule has 3 N–H and O–H groups in total. The summed E-state index contributed by atoms with van der Waals surface area (Å²) in [5, 5.41) is 7.97. The fourth-order valence-electron chi connectivity index (χ4n) is 6.49. The van der Waals surface area contributed by atoms with E-state index in [2.05, 4.69) is 22.6 Å². The van der Waals surface area contributed by atoms with E-state index in [1.54, 1.807) is 17.2 Å². The molecule has 0 aliphatic heterocycles. The molecule has 0 aliphatic rings. The molecule has 0 bridgehead atoms. The average molecular weight is 783 g/mol. The molecule has 0 saturated heterocycles. The van der Waals surface area contributed by atoms with E-state index in [0.29, 0.717) is 31.1 Å². The first kappa shape index (κ1) is 44.2. The molecule has 4 amide bonds. The lowest BCUT2D eigenvalue weighted by molar-refractivity contribution is -0.161. The molecule has 13 heteroatoms. The van der Waals surface area contributed by atoms with Gasteiger partial charge in [-0.15, -0.1) is 6.58 Å². The van der Waals surface area contributed by atoms with E-state index in [0.717, 1.165) is 27.6 Å². The number of carbonyl (C=O) groups is 4. The highest BCUT2D eigenvalue weighted by Gasteiger charge is 2.30. The number of para-hydroxylation sites is 1. The predicted octanol–water partition coefficient (Wildman–Crippen LogP) is 5.92. The minimum Gasteiger partial charge on any atom is -0.488 e. The second-order valence-corrected chi connectivity index (χ2v) is 14.7. The van der Waals surface area contributed by atoms with Crippen LogP contribution in [0.2, 0.25) is 0 Å². The highest BCUT2D eigenvalue weighted by Crippen LogP contribution is 2.27. The van der Waals surface area contributed by atoms with E-state index in [4.69, 9.17) is 14.2 Å². The van der Waals surface area contributed by atoms with Crippen LogP contribution in [0, 0.1) is 0 Å². The fourth-order valence-corrected chi connectivity index (χ4v) is 6.49. The number of urea groups is 1. The number of benzene rings is 3. The number of carbonyl (C=O) groups excluding carboxylic acids is 4. The topological polar surface area (TPSA) is 143 Å². The second kappa shape index (κ2) is 21.1. The van der Waals surface area contributed by atoms with E-state index in [1.165, 1.54) is 11.9 Å². The summed E-state index contributed by atoms with van der Waals surface area (Å²) in [5.74, 6) is -0.250. The third-order valence-corrected chi connectivity index (χ3v) is 8.87. The first-order valence-corrected chi connectivity index (χ1v) is 19.3. The minimum absolute atomic E-state index is 0.0613. The first-order chi connectivity index (χ1) is 27.2. The highest BCUT2D eigenvalue weighted by atomic mass is 16.7. The van der Waals surface area contributed by atoms with Gasteiger partial charge in [0.15, 0.2) is 12.1 Å². The monoisotopic (exact) mass is 782 g/mol. The molecule has 13 nitrogen and oxygen atoms in total. The lowest BCUT2D eigenvalue weighted by atomic mass is 10.0. The van der Waals surface area contributed by atoms with Crippen molar-refractivity contribution in [2.75, 3.05) is 32.8 Å². The van der Waals surface area contributed by atoms with Crippen molar-refractivity contribution in [1.29, 1.82) is 0 Å². The lowest BCUT2D eigenvalue weighted by Gasteiger charge is -2.32. The van der Waals surface area contributed by atoms with Crippen molar-refractivity contribution in [3.8, 4) is 5.75 Å². The van der Waals surface area contributed by atoms with Crippen LogP contribution >= 0.6 is 0 Å². The summed E-state index contributed by atoms with van der Waals surface area (Å²) in [6.45, 7) is 16.0. The largest absolute Gasteiger partial charge is 0.488 e. The van der Waals surface area contributed by atoms with Gasteiger partial charge in [-0.05, 0) is 70.4 Å². The lowest BCUT2D eigenvalue weighted by Crippen LogP contribution is -2.55. The van der Waals surface area contributed by atoms with Gasteiger partial charge in [0, 0.05) is 63.5 Å². The van der Waals surface area contributed by atoms with Gasteiger partial charge in [0.1, 0.15) is 17.4 Å². The van der Waals surface area contributed by atoms with Crippen LogP contribution in [-0.2, 0) is 45.6 Å². The Balaban J connectivity index is 1.65. The number of nitrogens with one attached hydrogen (secondary N) is 3. The van der Waals surface area contributed by atoms with Crippen molar-refractivity contribution < 1.29 is 33.4 Å². The summed E-state index contributed by atoms with van der Waals surface area (Å²) in [5.41, 5.74) is 6.24. The molecule has 1 aromatic heterocycles. The number of amides is 4. The summed E-state index contributed by atoms with van der Waals surface area (Å²) in [6.07, 6.45) is 2.78. The standard InChI is InChI=1S/C44H58N6O7/c1-9-24-50(47-43(54)45-26-33-16-13-12-14-17-33)29-39(52)46-38(25-32-20-22-35(23-21-32)57-44(5,6)7)42(53)49(30-40(55-10-2)56-11-3)27-34-18-15-19-36-37(31(4)51)28-48(8)41(34)36/h9,12-23,28,38,40H,1,10-11,24-27,29-30H2,2-8H3,(H,46,52)(H2,45,47,54)/t38-/m0/s1. The Morgan fingerprint density at radius 3 is 2.21 bits per heavy atom. The normalized spacial score (nSPS) is 12.0. The number of fused-ring (bicyclic) bond motifs is 1. The number of Topliss-reactive ketones (excluding diaryl/α,β-unsaturated/α-hetero) is 1. The van der Waals surface area contributed by atoms with Crippen LogP contribution in [0.5, 0.6) is 5.75 Å². The van der Waals surface area contributed by atoms with Gasteiger partial charge in [-0.2, -0.15) is 0 Å². The number of aryl methyl sites for hydroxylation is 1. The Kier molecular flexibility index (Phi) is 16.4. The number of hydrogen-bond acceptors (Lipinski definition) is 8. The van der Waals surface area contributed by atoms with E-state index >= 15 is 0 Å². The third-order valence-electron chi connectivity index (χ3n) is 8.87. The third kappa shape index (κ3) is 13.6. The Morgan fingerprint density at radius 2 is 1.60 bits per heavy atom. The van der Waals surface area contributed by atoms with E-state index in [1.807, 2.05) is 119 Å². The molecule has 0 saturated carbocycles. The van der Waals surface area contributed by atoms with Gasteiger partial charge in [-0.25, -0.2) is 9.80 Å². The molecule has 4 rings (SSSR count). The molecule has 0 spiro atoms. The SMILES string of the molecule is C=CCN(CC(=O)N[C@@H](Cc1ccc(OC(C)(C)C)cc1)C(=O)N(Cc1cccc2c(C(C)=O)cn(C)c12)CC(OCC)OCC)NC(=O)NCc1ccccc1. The number of hydrogen-bond donors (Lipinski definition) is 3. The number of hydrazine groups is 1. The Morgan fingerprint density at radius 1 is 0.912 bits per heavy atom. The molecule has 57 heavy (non-hydrogen) atoms. The maximum Gasteiger partial charge on any atom is 0.329 e. The number of nitrogens with zero attached hydrogens (tertiary/aromatic N) is 3. The van der Waals surface area contributed by atoms with Gasteiger partial charge in [0.05, 0.1) is 18.6 Å². The van der Waals surface area contributed by atoms with Crippen LogP contribution in [0.4, 0.5) is 4.79 Å². The Hall–Kier alpha value is -5.50. The summed E-state index contributed by atoms with van der Waals surface area (Å²) >= 11 is 0. The molecular weight excluding hydrogens is 725 g/mol. The van der Waals surface area contributed by atoms with Gasteiger partial charge >= 0.3 is 6.03 Å². The van der Waals surface area contributed by atoms with Crippen LogP contribution in [0.3, 0.4) is 0 Å². The first-order valence-electron chi connectivity index (χ1n) is 19.3. The molecule has 1 heterocycles. The van der Waals surface area contributed by atoms with Crippen molar-refractivity contribution in [3.63, 3.8) is 0 Å². The van der Waals surface area contributed by atoms with E-state index in [-0.39, 0.29) is 44.3 Å². The zero-order valence-electron chi connectivity index (χ0n) is 34.3. The zero-order chi connectivity index (χ0) is 41.5. The highest BCUT2D eigenvalue weighted by molar-refractivity contribution is 6.07. The summed E-state index contributed by atoms with van der Waals surface area (Å²) < 4.78 is 19.7. The summed E-state index contributed by atoms with van der Waals surface area (Å²) in [4.78, 5) is 55.8. The average Bonchev–Trinajstić information content (AvgIpc) is 3.51. The van der Waals surface area contributed by atoms with Gasteiger partial charge < -0.3 is 34.3 Å². The maximum absolute atomic E-state index is 14.9. The molecule has 0 unspecified atom stereocenters. The van der Waals surface area contributed by atoms with Crippen molar-refractivity contribution >= 4 is 34.5 Å². The van der Waals surface area contributed by atoms with Crippen LogP contribution in [-0.4, -0.2) is 88.9 Å². The van der Waals surface area contributed by atoms with E-state index in [9.17, 15) is 19.2 Å². The molecule has 3 aromatic carbocycles.